The second-order valence-corrected chi connectivity index (χ2v) is 7.23. The lowest BCUT2D eigenvalue weighted by molar-refractivity contribution is -0.380. The highest BCUT2D eigenvalue weighted by atomic mass is 32.1. The van der Waals surface area contributed by atoms with Crippen LogP contribution in [-0.2, 0) is 12.8 Å². The van der Waals surface area contributed by atoms with E-state index in [0.29, 0.717) is 15.9 Å². The Labute approximate surface area is 129 Å². The van der Waals surface area contributed by atoms with Crippen LogP contribution >= 0.6 is 22.7 Å². The van der Waals surface area contributed by atoms with Gasteiger partial charge in [-0.05, 0) is 31.2 Å². The van der Waals surface area contributed by atoms with Gasteiger partial charge in [0.05, 0.1) is 15.5 Å². The smallest absolute Gasteiger partial charge is 0.297 e. The van der Waals surface area contributed by atoms with Crippen molar-refractivity contribution in [1.29, 1.82) is 0 Å². The molecule has 0 saturated heterocycles. The molecule has 110 valence electrons. The lowest BCUT2D eigenvalue weighted by Crippen LogP contribution is -2.10. The van der Waals surface area contributed by atoms with Crippen LogP contribution in [0.15, 0.2) is 12.1 Å². The molecule has 1 aliphatic carbocycles. The molecule has 0 fully saturated rings. The molecule has 0 radical (unpaired) electrons. The van der Waals surface area contributed by atoms with Crippen molar-refractivity contribution in [3.05, 3.63) is 37.7 Å². The third-order valence-electron chi connectivity index (χ3n) is 3.40. The van der Waals surface area contributed by atoms with Crippen molar-refractivity contribution < 1.29 is 9.72 Å². The van der Waals surface area contributed by atoms with E-state index in [1.807, 2.05) is 0 Å². The molecule has 0 aliphatic heterocycles. The summed E-state index contributed by atoms with van der Waals surface area (Å²) in [6.07, 6.45) is 3.09. The Morgan fingerprint density at radius 1 is 1.48 bits per heavy atom. The summed E-state index contributed by atoms with van der Waals surface area (Å²) in [7, 11) is 0. The predicted octanol–water partition coefficient (Wildman–Crippen LogP) is 3.49. The second kappa shape index (κ2) is 5.53. The molecule has 21 heavy (non-hydrogen) atoms. The van der Waals surface area contributed by atoms with Gasteiger partial charge in [-0.1, -0.05) is 18.3 Å². The molecule has 0 spiro atoms. The van der Waals surface area contributed by atoms with Gasteiger partial charge in [-0.25, -0.2) is 4.98 Å². The molecule has 3 rings (SSSR count). The number of nitro groups is 1. The van der Waals surface area contributed by atoms with Gasteiger partial charge in [-0.2, -0.15) is 0 Å². The van der Waals surface area contributed by atoms with Crippen LogP contribution in [0.2, 0.25) is 0 Å². The Balaban J connectivity index is 1.74. The third kappa shape index (κ3) is 2.96. The molecule has 0 bridgehead atoms. The Kier molecular flexibility index (Phi) is 3.73. The average Bonchev–Trinajstić information content (AvgIpc) is 3.03. The number of thiazole rings is 1. The summed E-state index contributed by atoms with van der Waals surface area (Å²) >= 11 is 2.37. The number of nitrogens with zero attached hydrogens (tertiary/aromatic N) is 2. The lowest BCUT2D eigenvalue weighted by atomic mass is 9.93. The first-order valence-electron chi connectivity index (χ1n) is 6.57. The van der Waals surface area contributed by atoms with E-state index in [0.717, 1.165) is 36.3 Å². The normalized spacial score (nSPS) is 17.3. The number of hydrogen-bond donors (Lipinski definition) is 1. The minimum Gasteiger partial charge on any atom is -0.297 e. The van der Waals surface area contributed by atoms with E-state index < -0.39 is 4.92 Å². The first-order valence-corrected chi connectivity index (χ1v) is 8.20. The van der Waals surface area contributed by atoms with Gasteiger partial charge in [0.25, 0.3) is 5.91 Å². The predicted molar refractivity (Wildman–Crippen MR) is 82.2 cm³/mol. The molecule has 6 nitrogen and oxygen atoms in total. The van der Waals surface area contributed by atoms with Crippen LogP contribution in [0.25, 0.3) is 0 Å². The van der Waals surface area contributed by atoms with Crippen LogP contribution in [0.4, 0.5) is 10.1 Å². The summed E-state index contributed by atoms with van der Waals surface area (Å²) in [6, 6.07) is 2.81. The zero-order valence-corrected chi connectivity index (χ0v) is 12.9. The van der Waals surface area contributed by atoms with Gasteiger partial charge in [0.2, 0.25) is 0 Å². The Morgan fingerprint density at radius 2 is 2.29 bits per heavy atom. The van der Waals surface area contributed by atoms with Crippen molar-refractivity contribution in [2.45, 2.75) is 26.2 Å². The van der Waals surface area contributed by atoms with Gasteiger partial charge in [0.1, 0.15) is 0 Å². The monoisotopic (exact) mass is 323 g/mol. The van der Waals surface area contributed by atoms with Gasteiger partial charge in [-0.3, -0.25) is 20.2 Å². The molecular weight excluding hydrogens is 310 g/mol. The van der Waals surface area contributed by atoms with Gasteiger partial charge < -0.3 is 0 Å². The largest absolute Gasteiger partial charge is 0.324 e. The fraction of sp³-hybridized carbons (Fsp3) is 0.385. The quantitative estimate of drug-likeness (QED) is 0.692. The number of amides is 1. The molecule has 0 aromatic carbocycles. The highest BCUT2D eigenvalue weighted by Crippen LogP contribution is 2.32. The fourth-order valence-electron chi connectivity index (χ4n) is 2.30. The number of anilines is 1. The van der Waals surface area contributed by atoms with E-state index in [9.17, 15) is 14.9 Å². The molecule has 8 heteroatoms. The number of hydrogen-bond acceptors (Lipinski definition) is 6. The Hall–Kier alpha value is -1.80. The van der Waals surface area contributed by atoms with E-state index in [1.165, 1.54) is 28.3 Å². The number of nitrogens with one attached hydrogen (secondary N) is 1. The van der Waals surface area contributed by atoms with Crippen LogP contribution in [0.1, 0.15) is 33.6 Å². The molecular formula is C13H13N3O3S2. The first kappa shape index (κ1) is 14.2. The standard InChI is InChI=1S/C13H13N3O3S2/c1-7-2-3-8-10(6-7)21-13(14-8)15-12(17)9-4-5-11(20-9)16(18)19/h4-5,7H,2-3,6H2,1H3,(H,14,15,17)/t7-/m1/s1. The molecule has 0 saturated carbocycles. The molecule has 1 amide bonds. The van der Waals surface area contributed by atoms with Crippen molar-refractivity contribution in [2.24, 2.45) is 5.92 Å². The number of carbonyl (C=O) groups is 1. The fourth-order valence-corrected chi connectivity index (χ4v) is 4.18. The number of carbonyl (C=O) groups excluding carboxylic acids is 1. The van der Waals surface area contributed by atoms with Crippen LogP contribution in [-0.4, -0.2) is 15.8 Å². The van der Waals surface area contributed by atoms with Crippen LogP contribution in [0.5, 0.6) is 0 Å². The van der Waals surface area contributed by atoms with E-state index in [-0.39, 0.29) is 10.9 Å². The summed E-state index contributed by atoms with van der Waals surface area (Å²) in [5.41, 5.74) is 1.07. The zero-order valence-electron chi connectivity index (χ0n) is 11.3. The maximum absolute atomic E-state index is 12.1. The third-order valence-corrected chi connectivity index (χ3v) is 5.47. The molecule has 1 atom stereocenters. The molecule has 2 heterocycles. The minimum absolute atomic E-state index is 0.0348. The molecule has 2 aromatic rings. The zero-order chi connectivity index (χ0) is 15.0. The summed E-state index contributed by atoms with van der Waals surface area (Å²) in [4.78, 5) is 28.2. The highest BCUT2D eigenvalue weighted by molar-refractivity contribution is 7.18. The summed E-state index contributed by atoms with van der Waals surface area (Å²) in [6.45, 7) is 2.21. The number of aryl methyl sites for hydroxylation is 1. The van der Waals surface area contributed by atoms with Gasteiger partial charge in [-0.15, -0.1) is 11.3 Å². The van der Waals surface area contributed by atoms with Crippen molar-refractivity contribution in [3.8, 4) is 0 Å². The Bertz CT molecular complexity index is 707. The topological polar surface area (TPSA) is 85.1 Å². The van der Waals surface area contributed by atoms with E-state index >= 15 is 0 Å². The number of fused-ring (bicyclic) bond motifs is 1. The SMILES string of the molecule is C[C@@H]1CCc2nc(NC(=O)c3ccc([N+](=O)[O-])s3)sc2C1. The Morgan fingerprint density at radius 3 is 3.00 bits per heavy atom. The van der Waals surface area contributed by atoms with Crippen molar-refractivity contribution >= 4 is 38.7 Å². The number of rotatable bonds is 3. The maximum Gasteiger partial charge on any atom is 0.324 e. The number of aromatic nitrogens is 1. The lowest BCUT2D eigenvalue weighted by Gasteiger charge is -2.15. The first-order chi connectivity index (χ1) is 10.0. The van der Waals surface area contributed by atoms with Crippen molar-refractivity contribution in [2.75, 3.05) is 5.32 Å². The maximum atomic E-state index is 12.1. The van der Waals surface area contributed by atoms with E-state index in [2.05, 4.69) is 17.2 Å². The second-order valence-electron chi connectivity index (χ2n) is 5.09. The summed E-state index contributed by atoms with van der Waals surface area (Å²) in [5.74, 6) is 0.314. The minimum atomic E-state index is -0.495. The summed E-state index contributed by atoms with van der Waals surface area (Å²) < 4.78 is 0. The van der Waals surface area contributed by atoms with Crippen LogP contribution in [0.3, 0.4) is 0 Å². The van der Waals surface area contributed by atoms with Crippen molar-refractivity contribution in [3.63, 3.8) is 0 Å². The van der Waals surface area contributed by atoms with Crippen LogP contribution < -0.4 is 5.32 Å². The van der Waals surface area contributed by atoms with E-state index in [1.54, 1.807) is 0 Å². The molecule has 0 unspecified atom stereocenters. The van der Waals surface area contributed by atoms with Gasteiger partial charge in [0, 0.05) is 10.9 Å². The molecule has 1 aliphatic rings. The van der Waals surface area contributed by atoms with Gasteiger partial charge >= 0.3 is 5.00 Å². The molecule has 2 aromatic heterocycles. The van der Waals surface area contributed by atoms with E-state index in [4.69, 9.17) is 0 Å². The summed E-state index contributed by atoms with van der Waals surface area (Å²) in [5, 5.41) is 13.9. The molecule has 1 N–H and O–H groups in total. The van der Waals surface area contributed by atoms with Crippen LogP contribution in [0, 0.1) is 16.0 Å². The number of thiophene rings is 1. The van der Waals surface area contributed by atoms with Crippen molar-refractivity contribution in [1.82, 2.24) is 4.98 Å². The van der Waals surface area contributed by atoms with Gasteiger partial charge in [0.15, 0.2) is 5.13 Å². The highest BCUT2D eigenvalue weighted by Gasteiger charge is 2.21. The average molecular weight is 323 g/mol.